The van der Waals surface area contributed by atoms with Gasteiger partial charge in [-0.2, -0.15) is 0 Å². The molecule has 4 heteroatoms. The first-order valence-electron chi connectivity index (χ1n) is 6.41. The highest BCUT2D eigenvalue weighted by atomic mass is 16.5. The van der Waals surface area contributed by atoms with Gasteiger partial charge in [-0.25, -0.2) is 0 Å². The van der Waals surface area contributed by atoms with E-state index in [1.807, 2.05) is 0 Å². The summed E-state index contributed by atoms with van der Waals surface area (Å²) in [4.78, 5) is 0. The minimum Gasteiger partial charge on any atom is -0.396 e. The minimum atomic E-state index is -0.365. The first-order valence-corrected chi connectivity index (χ1v) is 6.41. The molecule has 4 unspecified atom stereocenters. The van der Waals surface area contributed by atoms with Crippen molar-refractivity contribution in [3.8, 4) is 0 Å². The maximum atomic E-state index is 9.60. The van der Waals surface area contributed by atoms with Crippen LogP contribution in [0.5, 0.6) is 0 Å². The summed E-state index contributed by atoms with van der Waals surface area (Å²) < 4.78 is 5.20. The first kappa shape index (κ1) is 12.3. The molecule has 2 rings (SSSR count). The zero-order valence-electron chi connectivity index (χ0n) is 9.77. The van der Waals surface area contributed by atoms with Gasteiger partial charge in [0.25, 0.3) is 0 Å². The number of ether oxygens (including phenoxy) is 1. The summed E-state index contributed by atoms with van der Waals surface area (Å²) in [5.74, 6) is 1.01. The average Bonchev–Trinajstić information content (AvgIpc) is 2.72. The van der Waals surface area contributed by atoms with Crippen LogP contribution < -0.4 is 5.32 Å². The molecule has 16 heavy (non-hydrogen) atoms. The standard InChI is InChI=1S/C12H23NO3/c14-6-10-4-2-1-3-9(10)5-13-11-7-16-8-12(11)15/h9-15H,1-8H2. The smallest absolute Gasteiger partial charge is 0.0948 e. The van der Waals surface area contributed by atoms with E-state index in [-0.39, 0.29) is 12.1 Å². The molecule has 0 amide bonds. The third-order valence-electron chi connectivity index (χ3n) is 3.99. The molecule has 1 saturated heterocycles. The van der Waals surface area contributed by atoms with Crippen molar-refractivity contribution in [2.75, 3.05) is 26.4 Å². The van der Waals surface area contributed by atoms with E-state index in [9.17, 15) is 10.2 Å². The molecule has 0 aromatic rings. The Morgan fingerprint density at radius 3 is 2.50 bits per heavy atom. The number of hydrogen-bond acceptors (Lipinski definition) is 4. The molecule has 4 atom stereocenters. The molecule has 1 heterocycles. The van der Waals surface area contributed by atoms with Crippen molar-refractivity contribution < 1.29 is 14.9 Å². The zero-order chi connectivity index (χ0) is 11.4. The van der Waals surface area contributed by atoms with Crippen molar-refractivity contribution in [2.24, 2.45) is 11.8 Å². The summed E-state index contributed by atoms with van der Waals surface area (Å²) >= 11 is 0. The van der Waals surface area contributed by atoms with E-state index < -0.39 is 0 Å². The largest absolute Gasteiger partial charge is 0.396 e. The summed E-state index contributed by atoms with van der Waals surface area (Å²) in [5, 5.41) is 22.3. The number of nitrogens with one attached hydrogen (secondary N) is 1. The fraction of sp³-hybridized carbons (Fsp3) is 1.00. The lowest BCUT2D eigenvalue weighted by molar-refractivity contribution is 0.113. The summed E-state index contributed by atoms with van der Waals surface area (Å²) in [6.07, 6.45) is 4.49. The Morgan fingerprint density at radius 1 is 1.12 bits per heavy atom. The van der Waals surface area contributed by atoms with Gasteiger partial charge in [-0.15, -0.1) is 0 Å². The number of rotatable bonds is 4. The Labute approximate surface area is 97.0 Å². The van der Waals surface area contributed by atoms with Gasteiger partial charge in [0.05, 0.1) is 25.4 Å². The Bertz CT molecular complexity index is 212. The van der Waals surface area contributed by atoms with Gasteiger partial charge in [0.2, 0.25) is 0 Å². The molecule has 1 aliphatic heterocycles. The van der Waals surface area contributed by atoms with Crippen LogP contribution in [0.2, 0.25) is 0 Å². The molecule has 0 radical (unpaired) electrons. The van der Waals surface area contributed by atoms with Gasteiger partial charge in [-0.1, -0.05) is 12.8 Å². The molecule has 2 fully saturated rings. The van der Waals surface area contributed by atoms with E-state index in [0.717, 1.165) is 13.0 Å². The van der Waals surface area contributed by atoms with Crippen LogP contribution >= 0.6 is 0 Å². The Balaban J connectivity index is 1.75. The molecule has 94 valence electrons. The SMILES string of the molecule is OCC1CCCCC1CNC1COCC1O. The normalized spacial score (nSPS) is 40.1. The van der Waals surface area contributed by atoms with Crippen molar-refractivity contribution in [2.45, 2.75) is 37.8 Å². The van der Waals surface area contributed by atoms with Crippen LogP contribution in [0, 0.1) is 11.8 Å². The van der Waals surface area contributed by atoms with E-state index in [2.05, 4.69) is 5.32 Å². The van der Waals surface area contributed by atoms with Gasteiger partial charge in [0, 0.05) is 6.61 Å². The third kappa shape index (κ3) is 2.94. The monoisotopic (exact) mass is 229 g/mol. The molecule has 0 spiro atoms. The van der Waals surface area contributed by atoms with Gasteiger partial charge in [0.1, 0.15) is 0 Å². The molecule has 1 saturated carbocycles. The van der Waals surface area contributed by atoms with Crippen molar-refractivity contribution in [1.29, 1.82) is 0 Å². The van der Waals surface area contributed by atoms with Crippen molar-refractivity contribution >= 4 is 0 Å². The molecule has 2 aliphatic rings. The molecule has 1 aliphatic carbocycles. The second-order valence-corrected chi connectivity index (χ2v) is 5.11. The predicted octanol–water partition coefficient (Wildman–Crippen LogP) is 0.134. The lowest BCUT2D eigenvalue weighted by Crippen LogP contribution is -2.43. The molecule has 0 bridgehead atoms. The van der Waals surface area contributed by atoms with Gasteiger partial charge < -0.3 is 20.3 Å². The second kappa shape index (κ2) is 5.96. The summed E-state index contributed by atoms with van der Waals surface area (Å²) in [6, 6.07) is 0.0845. The predicted molar refractivity (Wildman–Crippen MR) is 61.2 cm³/mol. The maximum absolute atomic E-state index is 9.60. The quantitative estimate of drug-likeness (QED) is 0.641. The molecular weight excluding hydrogens is 206 g/mol. The van der Waals surface area contributed by atoms with Crippen molar-refractivity contribution in [3.63, 3.8) is 0 Å². The molecule has 0 aromatic heterocycles. The molecular formula is C12H23NO3. The number of aliphatic hydroxyl groups is 2. The van der Waals surface area contributed by atoms with E-state index >= 15 is 0 Å². The highest BCUT2D eigenvalue weighted by molar-refractivity contribution is 4.83. The highest BCUT2D eigenvalue weighted by Gasteiger charge is 2.29. The third-order valence-corrected chi connectivity index (χ3v) is 3.99. The van der Waals surface area contributed by atoms with Gasteiger partial charge in [0.15, 0.2) is 0 Å². The Morgan fingerprint density at radius 2 is 1.88 bits per heavy atom. The van der Waals surface area contributed by atoms with Crippen LogP contribution in [-0.4, -0.2) is 48.7 Å². The van der Waals surface area contributed by atoms with E-state index in [1.165, 1.54) is 19.3 Å². The van der Waals surface area contributed by atoms with Crippen LogP contribution in [-0.2, 0) is 4.74 Å². The number of aliphatic hydroxyl groups excluding tert-OH is 2. The minimum absolute atomic E-state index is 0.0845. The maximum Gasteiger partial charge on any atom is 0.0948 e. The van der Waals surface area contributed by atoms with E-state index in [0.29, 0.717) is 31.7 Å². The van der Waals surface area contributed by atoms with Gasteiger partial charge in [-0.3, -0.25) is 0 Å². The second-order valence-electron chi connectivity index (χ2n) is 5.11. The van der Waals surface area contributed by atoms with Gasteiger partial charge in [-0.05, 0) is 31.2 Å². The molecule has 4 nitrogen and oxygen atoms in total. The fourth-order valence-electron chi connectivity index (χ4n) is 2.83. The topological polar surface area (TPSA) is 61.7 Å². The molecule has 0 aromatic carbocycles. The van der Waals surface area contributed by atoms with Crippen LogP contribution in [0.1, 0.15) is 25.7 Å². The van der Waals surface area contributed by atoms with Crippen molar-refractivity contribution in [3.05, 3.63) is 0 Å². The lowest BCUT2D eigenvalue weighted by Gasteiger charge is -2.31. The van der Waals surface area contributed by atoms with Crippen LogP contribution in [0.25, 0.3) is 0 Å². The van der Waals surface area contributed by atoms with Crippen LogP contribution in [0.4, 0.5) is 0 Å². The van der Waals surface area contributed by atoms with E-state index in [1.54, 1.807) is 0 Å². The summed E-state index contributed by atoms with van der Waals surface area (Å²) in [5.41, 5.74) is 0. The van der Waals surface area contributed by atoms with Crippen molar-refractivity contribution in [1.82, 2.24) is 5.32 Å². The van der Waals surface area contributed by atoms with Crippen LogP contribution in [0.15, 0.2) is 0 Å². The average molecular weight is 229 g/mol. The van der Waals surface area contributed by atoms with E-state index in [4.69, 9.17) is 4.74 Å². The number of hydrogen-bond donors (Lipinski definition) is 3. The molecule has 3 N–H and O–H groups in total. The van der Waals surface area contributed by atoms with Gasteiger partial charge >= 0.3 is 0 Å². The highest BCUT2D eigenvalue weighted by Crippen LogP contribution is 2.29. The van der Waals surface area contributed by atoms with Crippen LogP contribution in [0.3, 0.4) is 0 Å². The first-order chi connectivity index (χ1) is 7.81. The summed E-state index contributed by atoms with van der Waals surface area (Å²) in [6.45, 7) is 2.26. The Kier molecular flexibility index (Phi) is 4.58. The Hall–Kier alpha value is -0.160. The lowest BCUT2D eigenvalue weighted by atomic mass is 9.79. The zero-order valence-corrected chi connectivity index (χ0v) is 9.77. The fourth-order valence-corrected chi connectivity index (χ4v) is 2.83. The summed E-state index contributed by atoms with van der Waals surface area (Å²) in [7, 11) is 0.